The van der Waals surface area contributed by atoms with Crippen molar-refractivity contribution in [3.8, 4) is 5.75 Å². The lowest BCUT2D eigenvalue weighted by molar-refractivity contribution is -0.132. The maximum Gasteiger partial charge on any atom is 0.300 e. The molecule has 164 valence electrons. The molecule has 3 aromatic rings. The third-order valence-electron chi connectivity index (χ3n) is 5.31. The molecule has 0 bridgehead atoms. The Balaban J connectivity index is 1.95. The number of anilines is 1. The minimum atomic E-state index is -1.24. The quantitative estimate of drug-likeness (QED) is 0.359. The Kier molecular flexibility index (Phi) is 5.30. The van der Waals surface area contributed by atoms with Crippen molar-refractivity contribution in [2.24, 2.45) is 0 Å². The number of furan rings is 1. The van der Waals surface area contributed by atoms with Crippen molar-refractivity contribution >= 4 is 23.1 Å². The summed E-state index contributed by atoms with van der Waals surface area (Å²) in [5, 5.41) is 11.1. The second-order valence-corrected chi connectivity index (χ2v) is 7.40. The molecule has 1 saturated heterocycles. The van der Waals surface area contributed by atoms with Gasteiger partial charge < -0.3 is 14.3 Å². The van der Waals surface area contributed by atoms with Gasteiger partial charge in [-0.15, -0.1) is 0 Å². The van der Waals surface area contributed by atoms with Crippen LogP contribution in [-0.4, -0.2) is 23.9 Å². The van der Waals surface area contributed by atoms with E-state index >= 15 is 0 Å². The third-order valence-corrected chi connectivity index (χ3v) is 5.31. The van der Waals surface area contributed by atoms with Crippen LogP contribution < -0.4 is 9.64 Å². The molecule has 0 spiro atoms. The van der Waals surface area contributed by atoms with E-state index < -0.39 is 35.1 Å². The molecule has 2 heterocycles. The van der Waals surface area contributed by atoms with Gasteiger partial charge in [0.15, 0.2) is 0 Å². The van der Waals surface area contributed by atoms with Crippen LogP contribution in [0.5, 0.6) is 5.75 Å². The Labute approximate surface area is 182 Å². The molecule has 4 rings (SSSR count). The number of nitrogens with zero attached hydrogens (tertiary/aromatic N) is 1. The van der Waals surface area contributed by atoms with Gasteiger partial charge in [-0.3, -0.25) is 14.5 Å². The van der Waals surface area contributed by atoms with Crippen LogP contribution in [0.2, 0.25) is 0 Å². The zero-order valence-corrected chi connectivity index (χ0v) is 17.5. The summed E-state index contributed by atoms with van der Waals surface area (Å²) in [5.41, 5.74) is 0.394. The maximum absolute atomic E-state index is 14.6. The van der Waals surface area contributed by atoms with Gasteiger partial charge in [0.25, 0.3) is 11.7 Å². The van der Waals surface area contributed by atoms with Gasteiger partial charge in [-0.2, -0.15) is 0 Å². The molecule has 1 unspecified atom stereocenters. The second kappa shape index (κ2) is 7.96. The van der Waals surface area contributed by atoms with Crippen LogP contribution in [-0.2, 0) is 9.59 Å². The summed E-state index contributed by atoms with van der Waals surface area (Å²) < 4.78 is 39.0. The van der Waals surface area contributed by atoms with E-state index in [1.54, 1.807) is 32.0 Å². The Morgan fingerprint density at radius 2 is 1.81 bits per heavy atom. The van der Waals surface area contributed by atoms with E-state index in [4.69, 9.17) is 9.15 Å². The van der Waals surface area contributed by atoms with Gasteiger partial charge in [0.1, 0.15) is 40.7 Å². The molecule has 1 aliphatic rings. The summed E-state index contributed by atoms with van der Waals surface area (Å²) in [6.07, 6.45) is 0. The van der Waals surface area contributed by atoms with E-state index in [0.29, 0.717) is 23.1 Å². The minimum Gasteiger partial charge on any atom is -0.507 e. The number of carbonyl (C=O) groups excluding carboxylic acids is 2. The average molecular weight is 439 g/mol. The fourth-order valence-corrected chi connectivity index (χ4v) is 3.81. The number of amides is 1. The van der Waals surface area contributed by atoms with Crippen molar-refractivity contribution < 1.29 is 32.6 Å². The Bertz CT molecular complexity index is 1280. The summed E-state index contributed by atoms with van der Waals surface area (Å²) in [6, 6.07) is 9.33. The van der Waals surface area contributed by atoms with Gasteiger partial charge in [-0.05, 0) is 61.9 Å². The molecule has 1 atom stereocenters. The van der Waals surface area contributed by atoms with Crippen LogP contribution >= 0.6 is 0 Å². The summed E-state index contributed by atoms with van der Waals surface area (Å²) in [6.45, 7) is 3.43. The standard InChI is InChI=1S/C24H19F2NO5/c1-12-10-14(5-9-18(12)31-3)22(28)20-21(19-8-4-13(2)32-19)27(24(30)23(20)29)17-7-6-15(25)11-16(17)26/h4-11,21,28H,1-3H3/b22-20-. The van der Waals surface area contributed by atoms with E-state index in [-0.39, 0.29) is 22.6 Å². The highest BCUT2D eigenvalue weighted by Gasteiger charge is 2.49. The van der Waals surface area contributed by atoms with Gasteiger partial charge in [0, 0.05) is 11.6 Å². The van der Waals surface area contributed by atoms with Crippen LogP contribution in [0, 0.1) is 25.5 Å². The number of Topliss-reactive ketones (excluding diaryl/α,β-unsaturated/α-hetero) is 1. The molecule has 1 N–H and O–H groups in total. The van der Waals surface area contributed by atoms with Crippen molar-refractivity contribution in [2.75, 3.05) is 12.0 Å². The van der Waals surface area contributed by atoms with E-state index in [1.807, 2.05) is 0 Å². The van der Waals surface area contributed by atoms with Crippen LogP contribution in [0.25, 0.3) is 5.76 Å². The zero-order valence-electron chi connectivity index (χ0n) is 17.5. The molecular formula is C24H19F2NO5. The number of hydrogen-bond acceptors (Lipinski definition) is 5. The van der Waals surface area contributed by atoms with Crippen molar-refractivity contribution in [2.45, 2.75) is 19.9 Å². The Morgan fingerprint density at radius 3 is 2.41 bits per heavy atom. The number of hydrogen-bond donors (Lipinski definition) is 1. The van der Waals surface area contributed by atoms with Crippen molar-refractivity contribution in [3.63, 3.8) is 0 Å². The van der Waals surface area contributed by atoms with E-state index in [0.717, 1.165) is 17.0 Å². The van der Waals surface area contributed by atoms with Crippen LogP contribution in [0.4, 0.5) is 14.5 Å². The number of rotatable bonds is 4. The van der Waals surface area contributed by atoms with Gasteiger partial charge in [-0.25, -0.2) is 8.78 Å². The molecular weight excluding hydrogens is 420 g/mol. The van der Waals surface area contributed by atoms with Gasteiger partial charge >= 0.3 is 0 Å². The average Bonchev–Trinajstić information content (AvgIpc) is 3.29. The fourth-order valence-electron chi connectivity index (χ4n) is 3.81. The first-order chi connectivity index (χ1) is 15.2. The van der Waals surface area contributed by atoms with Crippen LogP contribution in [0.1, 0.15) is 28.7 Å². The molecule has 6 nitrogen and oxygen atoms in total. The van der Waals surface area contributed by atoms with Crippen LogP contribution in [0.15, 0.2) is 58.5 Å². The predicted octanol–water partition coefficient (Wildman–Crippen LogP) is 4.81. The molecule has 32 heavy (non-hydrogen) atoms. The first-order valence-electron chi connectivity index (χ1n) is 9.70. The number of aliphatic hydroxyl groups excluding tert-OH is 1. The molecule has 0 radical (unpaired) electrons. The normalized spacial score (nSPS) is 17.8. The molecule has 1 aromatic heterocycles. The summed E-state index contributed by atoms with van der Waals surface area (Å²) in [7, 11) is 1.50. The topological polar surface area (TPSA) is 80.0 Å². The molecule has 8 heteroatoms. The lowest BCUT2D eigenvalue weighted by Crippen LogP contribution is -2.30. The number of aliphatic hydroxyl groups is 1. The maximum atomic E-state index is 14.6. The van der Waals surface area contributed by atoms with E-state index in [9.17, 15) is 23.5 Å². The lowest BCUT2D eigenvalue weighted by Gasteiger charge is -2.23. The van der Waals surface area contributed by atoms with Gasteiger partial charge in [-0.1, -0.05) is 0 Å². The fraction of sp³-hybridized carbons (Fsp3) is 0.167. The minimum absolute atomic E-state index is 0.150. The highest BCUT2D eigenvalue weighted by Crippen LogP contribution is 2.43. The predicted molar refractivity (Wildman–Crippen MR) is 112 cm³/mol. The highest BCUT2D eigenvalue weighted by molar-refractivity contribution is 6.51. The first-order valence-corrected chi connectivity index (χ1v) is 9.70. The van der Waals surface area contributed by atoms with Crippen molar-refractivity contribution in [3.05, 3.63) is 88.4 Å². The highest BCUT2D eigenvalue weighted by atomic mass is 19.1. The van der Waals surface area contributed by atoms with Crippen LogP contribution in [0.3, 0.4) is 0 Å². The van der Waals surface area contributed by atoms with Gasteiger partial charge in [0.05, 0.1) is 18.4 Å². The number of methoxy groups -OCH3 is 1. The molecule has 1 fully saturated rings. The molecule has 0 aliphatic carbocycles. The number of ketones is 1. The molecule has 1 amide bonds. The van der Waals surface area contributed by atoms with E-state index in [1.165, 1.54) is 19.2 Å². The summed E-state index contributed by atoms with van der Waals surface area (Å²) in [5.74, 6) is -3.17. The number of aryl methyl sites for hydroxylation is 2. The molecule has 0 saturated carbocycles. The van der Waals surface area contributed by atoms with Crippen molar-refractivity contribution in [1.82, 2.24) is 0 Å². The number of halogens is 2. The monoisotopic (exact) mass is 439 g/mol. The summed E-state index contributed by atoms with van der Waals surface area (Å²) in [4.78, 5) is 26.8. The first kappa shape index (κ1) is 21.3. The van der Waals surface area contributed by atoms with Gasteiger partial charge in [0.2, 0.25) is 0 Å². The Morgan fingerprint density at radius 1 is 1.06 bits per heavy atom. The number of benzene rings is 2. The largest absolute Gasteiger partial charge is 0.507 e. The van der Waals surface area contributed by atoms with Crippen molar-refractivity contribution in [1.29, 1.82) is 0 Å². The SMILES string of the molecule is COc1ccc(/C(O)=C2/C(=O)C(=O)N(c3ccc(F)cc3F)C2c2ccc(C)o2)cc1C. The molecule has 2 aromatic carbocycles. The zero-order chi connectivity index (χ0) is 23.2. The second-order valence-electron chi connectivity index (χ2n) is 7.40. The summed E-state index contributed by atoms with van der Waals surface area (Å²) >= 11 is 0. The number of ether oxygens (including phenoxy) is 1. The smallest absolute Gasteiger partial charge is 0.300 e. The van der Waals surface area contributed by atoms with E-state index in [2.05, 4.69) is 0 Å². The lowest BCUT2D eigenvalue weighted by atomic mass is 9.98. The third kappa shape index (κ3) is 3.43. The number of carbonyl (C=O) groups is 2. The molecule has 1 aliphatic heterocycles. The Hall–Kier alpha value is -3.94.